The molecule has 0 bridgehead atoms. The van der Waals surface area contributed by atoms with E-state index in [4.69, 9.17) is 11.6 Å². The lowest BCUT2D eigenvalue weighted by Crippen LogP contribution is -1.58. The van der Waals surface area contributed by atoms with Crippen LogP contribution < -0.4 is 0 Å². The maximum Gasteiger partial charge on any atom is 0.117 e. The fourth-order valence-corrected chi connectivity index (χ4v) is 0.334. The van der Waals surface area contributed by atoms with Gasteiger partial charge in [0.1, 0.15) is 5.83 Å². The molecule has 0 amide bonds. The molecule has 0 N–H and O–H groups in total. The first-order valence-electron chi connectivity index (χ1n) is 1.81. The van der Waals surface area contributed by atoms with Gasteiger partial charge in [0.15, 0.2) is 0 Å². The van der Waals surface area contributed by atoms with Crippen LogP contribution in [-0.4, -0.2) is 0 Å². The lowest BCUT2D eigenvalue weighted by atomic mass is 10.5. The normalized spacial score (nSPS) is 11.6. The second kappa shape index (κ2) is 2.80. The molecule has 0 saturated heterocycles. The fourth-order valence-electron chi connectivity index (χ4n) is 0.216. The summed E-state index contributed by atoms with van der Waals surface area (Å²) >= 11 is 5.23. The summed E-state index contributed by atoms with van der Waals surface area (Å²) in [6, 6.07) is 0. The molecule has 0 heterocycles. The van der Waals surface area contributed by atoms with Gasteiger partial charge in [-0.3, -0.25) is 0 Å². The SMILES string of the molecule is C=C(F)/C=C(\C)Cl. The maximum atomic E-state index is 11.6. The molecule has 0 nitrogen and oxygen atoms in total. The van der Waals surface area contributed by atoms with Gasteiger partial charge in [-0.05, 0) is 13.0 Å². The van der Waals surface area contributed by atoms with Gasteiger partial charge in [-0.15, -0.1) is 0 Å². The van der Waals surface area contributed by atoms with Crippen LogP contribution in [0.15, 0.2) is 23.5 Å². The highest BCUT2D eigenvalue weighted by Crippen LogP contribution is 2.03. The molecule has 7 heavy (non-hydrogen) atoms. The molecule has 0 rings (SSSR count). The van der Waals surface area contributed by atoms with Crippen LogP contribution in [0.1, 0.15) is 6.92 Å². The predicted molar refractivity (Wildman–Crippen MR) is 29.9 cm³/mol. The third kappa shape index (κ3) is 5.70. The summed E-state index contributed by atoms with van der Waals surface area (Å²) < 4.78 is 11.6. The van der Waals surface area contributed by atoms with Crippen molar-refractivity contribution in [3.8, 4) is 0 Å². The quantitative estimate of drug-likeness (QED) is 0.467. The van der Waals surface area contributed by atoms with Gasteiger partial charge in [0, 0.05) is 5.03 Å². The van der Waals surface area contributed by atoms with Crippen molar-refractivity contribution in [1.29, 1.82) is 0 Å². The lowest BCUT2D eigenvalue weighted by Gasteiger charge is -1.79. The van der Waals surface area contributed by atoms with E-state index >= 15 is 0 Å². The summed E-state index contributed by atoms with van der Waals surface area (Å²) in [6.07, 6.45) is 1.15. The van der Waals surface area contributed by atoms with E-state index in [-0.39, 0.29) is 0 Å². The minimum Gasteiger partial charge on any atom is -0.208 e. The van der Waals surface area contributed by atoms with Crippen LogP contribution in [-0.2, 0) is 0 Å². The van der Waals surface area contributed by atoms with Gasteiger partial charge in [0.25, 0.3) is 0 Å². The largest absolute Gasteiger partial charge is 0.208 e. The van der Waals surface area contributed by atoms with E-state index in [0.717, 1.165) is 6.08 Å². The minimum absolute atomic E-state index is 0.410. The van der Waals surface area contributed by atoms with E-state index in [0.29, 0.717) is 5.03 Å². The van der Waals surface area contributed by atoms with Gasteiger partial charge < -0.3 is 0 Å². The van der Waals surface area contributed by atoms with Gasteiger partial charge in [-0.2, -0.15) is 0 Å². The molecule has 0 saturated carbocycles. The fraction of sp³-hybridized carbons (Fsp3) is 0.200. The van der Waals surface area contributed by atoms with Crippen molar-refractivity contribution < 1.29 is 4.39 Å². The molecule has 0 aliphatic rings. The van der Waals surface area contributed by atoms with Gasteiger partial charge in [0.05, 0.1) is 0 Å². The molecular weight excluding hydrogens is 115 g/mol. The summed E-state index contributed by atoms with van der Waals surface area (Å²) in [6.45, 7) is 4.56. The number of rotatable bonds is 1. The minimum atomic E-state index is -0.507. The van der Waals surface area contributed by atoms with Gasteiger partial charge >= 0.3 is 0 Å². The van der Waals surface area contributed by atoms with Crippen molar-refractivity contribution in [1.82, 2.24) is 0 Å². The molecule has 0 radical (unpaired) electrons. The van der Waals surface area contributed by atoms with Crippen LogP contribution >= 0.6 is 11.6 Å². The van der Waals surface area contributed by atoms with Gasteiger partial charge in [-0.1, -0.05) is 18.2 Å². The zero-order valence-electron chi connectivity index (χ0n) is 4.04. The van der Waals surface area contributed by atoms with E-state index in [2.05, 4.69) is 6.58 Å². The molecule has 0 aromatic rings. The molecule has 0 spiro atoms. The number of hydrogen-bond acceptors (Lipinski definition) is 0. The van der Waals surface area contributed by atoms with Crippen LogP contribution in [0.25, 0.3) is 0 Å². The summed E-state index contributed by atoms with van der Waals surface area (Å²) in [5.74, 6) is -0.507. The molecule has 0 aromatic carbocycles. The van der Waals surface area contributed by atoms with E-state index in [1.807, 2.05) is 0 Å². The molecule has 2 heteroatoms. The Labute approximate surface area is 47.3 Å². The summed E-state index contributed by atoms with van der Waals surface area (Å²) in [7, 11) is 0. The average molecular weight is 121 g/mol. The first kappa shape index (κ1) is 6.70. The molecule has 0 fully saturated rings. The molecule has 40 valence electrons. The molecule has 0 aliphatic heterocycles. The summed E-state index contributed by atoms with van der Waals surface area (Å²) in [4.78, 5) is 0. The lowest BCUT2D eigenvalue weighted by molar-refractivity contribution is 0.671. The third-order valence-corrected chi connectivity index (χ3v) is 0.465. The van der Waals surface area contributed by atoms with E-state index in [1.165, 1.54) is 0 Å². The highest BCUT2D eigenvalue weighted by atomic mass is 35.5. The number of hydrogen-bond donors (Lipinski definition) is 0. The van der Waals surface area contributed by atoms with Crippen LogP contribution in [0.3, 0.4) is 0 Å². The Morgan fingerprint density at radius 3 is 2.29 bits per heavy atom. The predicted octanol–water partition coefficient (Wildman–Crippen LogP) is 2.61. The standard InChI is InChI=1S/C5H6ClF/c1-4(6)3-5(2)7/h3H,2H2,1H3/b4-3+. The Bertz CT molecular complexity index is 101. The van der Waals surface area contributed by atoms with Crippen molar-refractivity contribution in [3.05, 3.63) is 23.5 Å². The zero-order valence-corrected chi connectivity index (χ0v) is 4.80. The van der Waals surface area contributed by atoms with Crippen molar-refractivity contribution in [2.75, 3.05) is 0 Å². The topological polar surface area (TPSA) is 0 Å². The summed E-state index contributed by atoms with van der Waals surface area (Å²) in [5, 5.41) is 0.410. The number of halogens is 2. The second-order valence-corrected chi connectivity index (χ2v) is 1.77. The van der Waals surface area contributed by atoms with Crippen molar-refractivity contribution >= 4 is 11.6 Å². The van der Waals surface area contributed by atoms with E-state index in [1.54, 1.807) is 6.92 Å². The monoisotopic (exact) mass is 120 g/mol. The zero-order chi connectivity index (χ0) is 5.86. The molecule has 0 aromatic heterocycles. The van der Waals surface area contributed by atoms with Crippen molar-refractivity contribution in [2.45, 2.75) is 6.92 Å². The van der Waals surface area contributed by atoms with Gasteiger partial charge in [-0.25, -0.2) is 4.39 Å². The highest BCUT2D eigenvalue weighted by Gasteiger charge is 1.80. The maximum absolute atomic E-state index is 11.6. The van der Waals surface area contributed by atoms with E-state index in [9.17, 15) is 4.39 Å². The van der Waals surface area contributed by atoms with Crippen LogP contribution in [0, 0.1) is 0 Å². The highest BCUT2D eigenvalue weighted by molar-refractivity contribution is 6.29. The average Bonchev–Trinajstić information content (AvgIpc) is 1.27. The van der Waals surface area contributed by atoms with Crippen LogP contribution in [0.4, 0.5) is 4.39 Å². The Hall–Kier alpha value is -0.300. The first-order valence-corrected chi connectivity index (χ1v) is 2.19. The van der Waals surface area contributed by atoms with Crippen LogP contribution in [0.2, 0.25) is 0 Å². The smallest absolute Gasteiger partial charge is 0.117 e. The summed E-state index contributed by atoms with van der Waals surface area (Å²) in [5.41, 5.74) is 0. The Morgan fingerprint density at radius 1 is 1.86 bits per heavy atom. The van der Waals surface area contributed by atoms with Gasteiger partial charge in [0.2, 0.25) is 0 Å². The third-order valence-electron chi connectivity index (χ3n) is 0.356. The van der Waals surface area contributed by atoms with Crippen molar-refractivity contribution in [3.63, 3.8) is 0 Å². The van der Waals surface area contributed by atoms with E-state index < -0.39 is 5.83 Å². The second-order valence-electron chi connectivity index (χ2n) is 1.18. The molecule has 0 unspecified atom stereocenters. The van der Waals surface area contributed by atoms with Crippen LogP contribution in [0.5, 0.6) is 0 Å². The first-order chi connectivity index (χ1) is 3.13. The Morgan fingerprint density at radius 2 is 2.29 bits per heavy atom. The molecule has 0 atom stereocenters. The molecular formula is C5H6ClF. The Balaban J connectivity index is 3.68. The molecule has 0 aliphatic carbocycles. The number of allylic oxidation sites excluding steroid dienone is 3. The Kier molecular flexibility index (Phi) is 2.68. The van der Waals surface area contributed by atoms with Crippen molar-refractivity contribution in [2.24, 2.45) is 0 Å².